The fraction of sp³-hybridized carbons (Fsp3) is 0.227. The highest BCUT2D eigenvalue weighted by Crippen LogP contribution is 2.38. The fourth-order valence-electron chi connectivity index (χ4n) is 3.67. The highest BCUT2D eigenvalue weighted by molar-refractivity contribution is 6.30. The Morgan fingerprint density at radius 3 is 2.62 bits per heavy atom. The highest BCUT2D eigenvalue weighted by atomic mass is 35.5. The number of anilines is 1. The SMILES string of the molecule is O=C(NCc1ccccn1)C1(Cc2ccc(Cl)cc2)CN(c2ccncc2F)C1. The Bertz CT molecular complexity index is 991. The minimum Gasteiger partial charge on any atom is -0.367 e. The number of carbonyl (C=O) groups is 1. The molecule has 148 valence electrons. The van der Waals surface area contributed by atoms with E-state index in [-0.39, 0.29) is 11.7 Å². The van der Waals surface area contributed by atoms with Gasteiger partial charge in [0.15, 0.2) is 5.82 Å². The molecule has 3 aromatic rings. The molecule has 1 saturated heterocycles. The molecule has 1 amide bonds. The van der Waals surface area contributed by atoms with E-state index in [0.29, 0.717) is 36.8 Å². The second kappa shape index (κ2) is 8.17. The number of pyridine rings is 2. The Hall–Kier alpha value is -2.99. The first-order valence-electron chi connectivity index (χ1n) is 9.33. The van der Waals surface area contributed by atoms with Crippen molar-refractivity contribution in [2.24, 2.45) is 5.41 Å². The number of hydrogen-bond donors (Lipinski definition) is 1. The second-order valence-corrected chi connectivity index (χ2v) is 7.71. The summed E-state index contributed by atoms with van der Waals surface area (Å²) in [6, 6.07) is 14.7. The largest absolute Gasteiger partial charge is 0.367 e. The molecule has 3 heterocycles. The summed E-state index contributed by atoms with van der Waals surface area (Å²) in [5.41, 5.74) is 1.61. The molecule has 1 fully saturated rings. The standard InChI is InChI=1S/C22H20ClFN4O/c23-17-6-4-16(5-7-17)11-22(21(29)27-12-18-3-1-2-9-26-18)14-28(15-22)20-8-10-25-13-19(20)24/h1-10,13H,11-12,14-15H2,(H,27,29). The third kappa shape index (κ3) is 4.22. The zero-order chi connectivity index (χ0) is 20.3. The minimum absolute atomic E-state index is 0.0659. The van der Waals surface area contributed by atoms with Gasteiger partial charge in [-0.05, 0) is 42.3 Å². The van der Waals surface area contributed by atoms with Gasteiger partial charge in [-0.3, -0.25) is 14.8 Å². The molecule has 29 heavy (non-hydrogen) atoms. The molecular weight excluding hydrogens is 391 g/mol. The van der Waals surface area contributed by atoms with Gasteiger partial charge in [-0.15, -0.1) is 0 Å². The summed E-state index contributed by atoms with van der Waals surface area (Å²) < 4.78 is 14.1. The average molecular weight is 411 g/mol. The van der Waals surface area contributed by atoms with Crippen molar-refractivity contribution >= 4 is 23.2 Å². The van der Waals surface area contributed by atoms with Crippen LogP contribution in [-0.4, -0.2) is 29.0 Å². The lowest BCUT2D eigenvalue weighted by Gasteiger charge is -2.50. The molecule has 0 unspecified atom stereocenters. The van der Waals surface area contributed by atoms with E-state index in [1.165, 1.54) is 6.20 Å². The summed E-state index contributed by atoms with van der Waals surface area (Å²) in [4.78, 5) is 23.1. The van der Waals surface area contributed by atoms with Crippen molar-refractivity contribution < 1.29 is 9.18 Å². The minimum atomic E-state index is -0.654. The van der Waals surface area contributed by atoms with Gasteiger partial charge < -0.3 is 10.2 Å². The molecule has 1 N–H and O–H groups in total. The Morgan fingerprint density at radius 2 is 1.93 bits per heavy atom. The number of hydrogen-bond acceptors (Lipinski definition) is 4. The summed E-state index contributed by atoms with van der Waals surface area (Å²) in [5.74, 6) is -0.453. The van der Waals surface area contributed by atoms with E-state index in [2.05, 4.69) is 15.3 Å². The Kier molecular flexibility index (Phi) is 5.45. The van der Waals surface area contributed by atoms with Gasteiger partial charge in [-0.25, -0.2) is 4.39 Å². The predicted molar refractivity (Wildman–Crippen MR) is 110 cm³/mol. The van der Waals surface area contributed by atoms with Gasteiger partial charge in [-0.2, -0.15) is 0 Å². The predicted octanol–water partition coefficient (Wildman–Crippen LogP) is 3.63. The summed E-state index contributed by atoms with van der Waals surface area (Å²) in [6.07, 6.45) is 4.98. The van der Waals surface area contributed by atoms with Crippen LogP contribution in [0.25, 0.3) is 0 Å². The van der Waals surface area contributed by atoms with Crippen LogP contribution in [0.2, 0.25) is 5.02 Å². The van der Waals surface area contributed by atoms with Crippen LogP contribution < -0.4 is 10.2 Å². The van der Waals surface area contributed by atoms with Gasteiger partial charge in [0.05, 0.1) is 29.5 Å². The van der Waals surface area contributed by atoms with Crippen LogP contribution >= 0.6 is 11.6 Å². The van der Waals surface area contributed by atoms with Crippen molar-refractivity contribution in [2.75, 3.05) is 18.0 Å². The number of benzene rings is 1. The summed E-state index contributed by atoms with van der Waals surface area (Å²) in [7, 11) is 0. The van der Waals surface area contributed by atoms with Crippen LogP contribution in [0.4, 0.5) is 10.1 Å². The van der Waals surface area contributed by atoms with E-state index in [1.54, 1.807) is 18.5 Å². The lowest BCUT2D eigenvalue weighted by atomic mass is 9.73. The first-order chi connectivity index (χ1) is 14.1. The van der Waals surface area contributed by atoms with E-state index in [9.17, 15) is 9.18 Å². The first kappa shape index (κ1) is 19.3. The van der Waals surface area contributed by atoms with E-state index < -0.39 is 5.41 Å². The molecule has 7 heteroatoms. The summed E-state index contributed by atoms with van der Waals surface area (Å²) in [6.45, 7) is 1.20. The molecule has 1 aliphatic rings. The second-order valence-electron chi connectivity index (χ2n) is 7.27. The number of aromatic nitrogens is 2. The van der Waals surface area contributed by atoms with E-state index in [0.717, 1.165) is 11.3 Å². The lowest BCUT2D eigenvalue weighted by Crippen LogP contribution is -2.64. The van der Waals surface area contributed by atoms with Crippen molar-refractivity contribution in [3.05, 3.63) is 89.2 Å². The maximum absolute atomic E-state index is 14.1. The third-order valence-corrected chi connectivity index (χ3v) is 5.42. The van der Waals surface area contributed by atoms with Crippen LogP contribution in [0.1, 0.15) is 11.3 Å². The van der Waals surface area contributed by atoms with Crippen molar-refractivity contribution in [3.63, 3.8) is 0 Å². The van der Waals surface area contributed by atoms with Crippen molar-refractivity contribution in [3.8, 4) is 0 Å². The van der Waals surface area contributed by atoms with Crippen LogP contribution in [0.5, 0.6) is 0 Å². The van der Waals surface area contributed by atoms with E-state index in [1.807, 2.05) is 47.4 Å². The molecule has 1 aromatic carbocycles. The zero-order valence-electron chi connectivity index (χ0n) is 15.7. The smallest absolute Gasteiger partial charge is 0.230 e. The van der Waals surface area contributed by atoms with Gasteiger partial charge in [0, 0.05) is 30.5 Å². The maximum atomic E-state index is 14.1. The zero-order valence-corrected chi connectivity index (χ0v) is 16.4. The van der Waals surface area contributed by atoms with Crippen molar-refractivity contribution in [1.82, 2.24) is 15.3 Å². The van der Waals surface area contributed by atoms with Crippen LogP contribution in [0, 0.1) is 11.2 Å². The third-order valence-electron chi connectivity index (χ3n) is 5.17. The van der Waals surface area contributed by atoms with Gasteiger partial charge in [0.2, 0.25) is 5.91 Å². The number of amides is 1. The average Bonchev–Trinajstić information content (AvgIpc) is 2.71. The van der Waals surface area contributed by atoms with Crippen molar-refractivity contribution in [1.29, 1.82) is 0 Å². The molecule has 0 saturated carbocycles. The van der Waals surface area contributed by atoms with Crippen molar-refractivity contribution in [2.45, 2.75) is 13.0 Å². The number of nitrogens with zero attached hydrogens (tertiary/aromatic N) is 3. The first-order valence-corrected chi connectivity index (χ1v) is 9.71. The fourth-order valence-corrected chi connectivity index (χ4v) is 3.79. The molecule has 2 aromatic heterocycles. The Labute approximate surface area is 173 Å². The summed E-state index contributed by atoms with van der Waals surface area (Å²) >= 11 is 5.99. The molecule has 0 spiro atoms. The van der Waals surface area contributed by atoms with Crippen LogP contribution in [0.15, 0.2) is 67.1 Å². The topological polar surface area (TPSA) is 58.1 Å². The quantitative estimate of drug-likeness (QED) is 0.674. The van der Waals surface area contributed by atoms with E-state index in [4.69, 9.17) is 11.6 Å². The molecule has 1 aliphatic heterocycles. The lowest BCUT2D eigenvalue weighted by molar-refractivity contribution is -0.132. The van der Waals surface area contributed by atoms with Gasteiger partial charge >= 0.3 is 0 Å². The molecule has 5 nitrogen and oxygen atoms in total. The number of nitrogens with one attached hydrogen (secondary N) is 1. The highest BCUT2D eigenvalue weighted by Gasteiger charge is 2.49. The monoisotopic (exact) mass is 410 g/mol. The molecule has 0 radical (unpaired) electrons. The molecule has 0 aliphatic carbocycles. The van der Waals surface area contributed by atoms with Crippen LogP contribution in [0.3, 0.4) is 0 Å². The normalized spacial score (nSPS) is 14.9. The van der Waals surface area contributed by atoms with E-state index >= 15 is 0 Å². The van der Waals surface area contributed by atoms with Gasteiger partial charge in [0.1, 0.15) is 0 Å². The Morgan fingerprint density at radius 1 is 1.14 bits per heavy atom. The molecule has 0 atom stereocenters. The Balaban J connectivity index is 1.52. The van der Waals surface area contributed by atoms with Gasteiger partial charge in [-0.1, -0.05) is 29.8 Å². The number of rotatable bonds is 6. The number of halogens is 2. The summed E-state index contributed by atoms with van der Waals surface area (Å²) in [5, 5.41) is 3.65. The van der Waals surface area contributed by atoms with Gasteiger partial charge in [0.25, 0.3) is 0 Å². The maximum Gasteiger partial charge on any atom is 0.230 e. The molecule has 4 rings (SSSR count). The number of carbonyl (C=O) groups excluding carboxylic acids is 1. The molecule has 0 bridgehead atoms. The molecular formula is C22H20ClFN4O. The van der Waals surface area contributed by atoms with Crippen LogP contribution in [-0.2, 0) is 17.8 Å².